The zero-order valence-corrected chi connectivity index (χ0v) is 18.1. The lowest BCUT2D eigenvalue weighted by atomic mass is 9.98. The molecule has 1 aliphatic carbocycles. The van der Waals surface area contributed by atoms with Crippen molar-refractivity contribution in [2.75, 3.05) is 19.7 Å². The summed E-state index contributed by atoms with van der Waals surface area (Å²) in [6, 6.07) is 16.0. The van der Waals surface area contributed by atoms with Gasteiger partial charge in [-0.3, -0.25) is 4.79 Å². The van der Waals surface area contributed by atoms with Crippen LogP contribution in [-0.4, -0.2) is 48.7 Å². The van der Waals surface area contributed by atoms with Crippen molar-refractivity contribution in [1.29, 1.82) is 0 Å². The van der Waals surface area contributed by atoms with Gasteiger partial charge in [0.1, 0.15) is 6.61 Å². The van der Waals surface area contributed by atoms with Crippen molar-refractivity contribution >= 4 is 18.0 Å². The minimum absolute atomic E-state index is 0.0456. The Labute approximate surface area is 190 Å². The van der Waals surface area contributed by atoms with Crippen LogP contribution in [0.3, 0.4) is 0 Å². The lowest BCUT2D eigenvalue weighted by Crippen LogP contribution is -2.43. The highest BCUT2D eigenvalue weighted by Crippen LogP contribution is 2.44. The fraction of sp³-hybridized carbons (Fsp3) is 0.375. The summed E-state index contributed by atoms with van der Waals surface area (Å²) in [5.74, 6) is -7.63. The number of fused-ring (bicyclic) bond motifs is 3. The Morgan fingerprint density at radius 1 is 1.03 bits per heavy atom. The largest absolute Gasteiger partial charge is 0.477 e. The van der Waals surface area contributed by atoms with Crippen molar-refractivity contribution < 1.29 is 33.0 Å². The number of benzene rings is 2. The number of rotatable bonds is 10. The SMILES string of the molecule is CC(CCCNC(=O)OCC1c2ccccc2-c2ccccc21)C(=O)NCC(F)(F)C(=O)O. The van der Waals surface area contributed by atoms with E-state index in [1.165, 1.54) is 0 Å². The van der Waals surface area contributed by atoms with E-state index >= 15 is 0 Å². The molecule has 2 aromatic carbocycles. The van der Waals surface area contributed by atoms with Crippen LogP contribution < -0.4 is 10.6 Å². The summed E-state index contributed by atoms with van der Waals surface area (Å²) < 4.78 is 31.5. The molecule has 0 saturated heterocycles. The number of alkyl carbamates (subject to hydrolysis) is 1. The Bertz CT molecular complexity index is 982. The van der Waals surface area contributed by atoms with Gasteiger partial charge in [-0.1, -0.05) is 55.5 Å². The van der Waals surface area contributed by atoms with Crippen LogP contribution in [0, 0.1) is 5.92 Å². The first kappa shape index (κ1) is 24.2. The smallest absolute Gasteiger partial charge is 0.407 e. The van der Waals surface area contributed by atoms with Crippen LogP contribution in [-0.2, 0) is 14.3 Å². The number of nitrogens with one attached hydrogen (secondary N) is 2. The molecule has 2 amide bonds. The van der Waals surface area contributed by atoms with Crippen LogP contribution >= 0.6 is 0 Å². The number of hydrogen-bond acceptors (Lipinski definition) is 4. The van der Waals surface area contributed by atoms with Crippen LogP contribution in [0.25, 0.3) is 11.1 Å². The molecular formula is C24H26F2N2O5. The number of ether oxygens (including phenoxy) is 1. The number of carboxylic acid groups (broad SMARTS) is 1. The maximum absolute atomic E-state index is 13.0. The number of aliphatic carboxylic acids is 1. The molecule has 0 fully saturated rings. The molecule has 1 unspecified atom stereocenters. The molecule has 7 nitrogen and oxygen atoms in total. The molecule has 0 aliphatic heterocycles. The van der Waals surface area contributed by atoms with Crippen molar-refractivity contribution in [2.45, 2.75) is 31.6 Å². The molecule has 176 valence electrons. The zero-order valence-electron chi connectivity index (χ0n) is 18.1. The van der Waals surface area contributed by atoms with Crippen LogP contribution in [0.1, 0.15) is 36.8 Å². The average molecular weight is 460 g/mol. The van der Waals surface area contributed by atoms with Gasteiger partial charge < -0.3 is 20.5 Å². The second-order valence-corrected chi connectivity index (χ2v) is 8.02. The molecule has 33 heavy (non-hydrogen) atoms. The van der Waals surface area contributed by atoms with Crippen LogP contribution in [0.4, 0.5) is 13.6 Å². The number of amides is 2. The van der Waals surface area contributed by atoms with E-state index in [1.54, 1.807) is 6.92 Å². The number of carbonyl (C=O) groups is 3. The molecule has 0 radical (unpaired) electrons. The van der Waals surface area contributed by atoms with E-state index < -0.39 is 36.4 Å². The van der Waals surface area contributed by atoms with Gasteiger partial charge in [-0.2, -0.15) is 8.78 Å². The topological polar surface area (TPSA) is 105 Å². The summed E-state index contributed by atoms with van der Waals surface area (Å²) in [6.07, 6.45) is 0.178. The number of halogens is 2. The van der Waals surface area contributed by atoms with Gasteiger partial charge in [0.25, 0.3) is 0 Å². The Kier molecular flexibility index (Phi) is 7.63. The third-order valence-corrected chi connectivity index (χ3v) is 5.67. The second-order valence-electron chi connectivity index (χ2n) is 8.02. The molecule has 0 spiro atoms. The van der Waals surface area contributed by atoms with Gasteiger partial charge in [-0.05, 0) is 35.1 Å². The predicted octanol–water partition coefficient (Wildman–Crippen LogP) is 3.78. The van der Waals surface area contributed by atoms with Gasteiger partial charge in [0.2, 0.25) is 5.91 Å². The maximum atomic E-state index is 13.0. The van der Waals surface area contributed by atoms with E-state index in [4.69, 9.17) is 9.84 Å². The van der Waals surface area contributed by atoms with Crippen molar-refractivity contribution in [3.05, 3.63) is 59.7 Å². The minimum Gasteiger partial charge on any atom is -0.477 e. The van der Waals surface area contributed by atoms with Gasteiger partial charge in [0.15, 0.2) is 0 Å². The van der Waals surface area contributed by atoms with E-state index in [2.05, 4.69) is 5.32 Å². The summed E-state index contributed by atoms with van der Waals surface area (Å²) >= 11 is 0. The Morgan fingerprint density at radius 2 is 1.61 bits per heavy atom. The number of carbonyl (C=O) groups excluding carboxylic acids is 2. The van der Waals surface area contributed by atoms with Crippen LogP contribution in [0.5, 0.6) is 0 Å². The third-order valence-electron chi connectivity index (χ3n) is 5.67. The molecule has 0 bridgehead atoms. The van der Waals surface area contributed by atoms with Crippen molar-refractivity contribution in [1.82, 2.24) is 10.6 Å². The van der Waals surface area contributed by atoms with Gasteiger partial charge in [-0.25, -0.2) is 9.59 Å². The van der Waals surface area contributed by atoms with E-state index in [9.17, 15) is 23.2 Å². The Morgan fingerprint density at radius 3 is 2.18 bits per heavy atom. The fourth-order valence-corrected chi connectivity index (χ4v) is 3.83. The molecule has 1 atom stereocenters. The van der Waals surface area contributed by atoms with Crippen molar-refractivity contribution in [2.24, 2.45) is 5.92 Å². The van der Waals surface area contributed by atoms with Gasteiger partial charge >= 0.3 is 18.0 Å². The molecule has 3 N–H and O–H groups in total. The normalized spacial score (nSPS) is 13.5. The number of carboxylic acids is 1. The molecule has 0 saturated carbocycles. The monoisotopic (exact) mass is 460 g/mol. The summed E-state index contributed by atoms with van der Waals surface area (Å²) in [5.41, 5.74) is 4.49. The summed E-state index contributed by atoms with van der Waals surface area (Å²) in [6.45, 7) is 0.723. The molecule has 0 aromatic heterocycles. The highest BCUT2D eigenvalue weighted by Gasteiger charge is 2.39. The molecule has 0 heterocycles. The zero-order chi connectivity index (χ0) is 24.0. The number of alkyl halides is 2. The van der Waals surface area contributed by atoms with E-state index in [0.717, 1.165) is 22.3 Å². The van der Waals surface area contributed by atoms with Crippen molar-refractivity contribution in [3.63, 3.8) is 0 Å². The average Bonchev–Trinajstić information content (AvgIpc) is 3.12. The summed E-state index contributed by atoms with van der Waals surface area (Å²) in [7, 11) is 0. The van der Waals surface area contributed by atoms with Crippen LogP contribution in [0.2, 0.25) is 0 Å². The van der Waals surface area contributed by atoms with Crippen LogP contribution in [0.15, 0.2) is 48.5 Å². The first-order valence-corrected chi connectivity index (χ1v) is 10.7. The minimum atomic E-state index is -4.01. The third kappa shape index (κ3) is 5.85. The Balaban J connectivity index is 1.39. The standard InChI is InChI=1S/C24H26F2N2O5/c1-15(21(29)28-14-24(25,26)22(30)31)7-6-12-27-23(32)33-13-20-18-10-4-2-8-16(18)17-9-3-5-11-19(17)20/h2-5,8-11,15,20H,6-7,12-14H2,1H3,(H,27,32)(H,28,29)(H,30,31). The quantitative estimate of drug-likeness (QED) is 0.468. The van der Waals surface area contributed by atoms with E-state index in [0.29, 0.717) is 12.8 Å². The molecule has 9 heteroatoms. The van der Waals surface area contributed by atoms with E-state index in [1.807, 2.05) is 53.8 Å². The first-order chi connectivity index (χ1) is 15.7. The Hall–Kier alpha value is -3.49. The summed E-state index contributed by atoms with van der Waals surface area (Å²) in [4.78, 5) is 34.4. The lowest BCUT2D eigenvalue weighted by molar-refractivity contribution is -0.164. The van der Waals surface area contributed by atoms with Gasteiger partial charge in [-0.15, -0.1) is 0 Å². The lowest BCUT2D eigenvalue weighted by Gasteiger charge is -2.16. The predicted molar refractivity (Wildman–Crippen MR) is 117 cm³/mol. The van der Waals surface area contributed by atoms with E-state index in [-0.39, 0.29) is 19.1 Å². The maximum Gasteiger partial charge on any atom is 0.407 e. The van der Waals surface area contributed by atoms with Gasteiger partial charge in [0.05, 0.1) is 6.54 Å². The van der Waals surface area contributed by atoms with Crippen molar-refractivity contribution in [3.8, 4) is 11.1 Å². The highest BCUT2D eigenvalue weighted by molar-refractivity contribution is 5.81. The molecule has 3 rings (SSSR count). The fourth-order valence-electron chi connectivity index (χ4n) is 3.83. The second kappa shape index (κ2) is 10.4. The van der Waals surface area contributed by atoms with Gasteiger partial charge in [0, 0.05) is 18.4 Å². The first-order valence-electron chi connectivity index (χ1n) is 10.7. The molecular weight excluding hydrogens is 434 g/mol. The summed E-state index contributed by atoms with van der Waals surface area (Å²) in [5, 5.41) is 12.9. The molecule has 1 aliphatic rings. The number of hydrogen-bond donors (Lipinski definition) is 3. The molecule has 2 aromatic rings. The highest BCUT2D eigenvalue weighted by atomic mass is 19.3.